The average molecular weight is 270 g/mol. The molecule has 1 fully saturated rings. The Kier molecular flexibility index (Phi) is 5.31. The lowest BCUT2D eigenvalue weighted by atomic mass is 10.2. The lowest BCUT2D eigenvalue weighted by Crippen LogP contribution is -2.24. The van der Waals surface area contributed by atoms with Crippen LogP contribution in [-0.2, 0) is 6.54 Å². The maximum absolute atomic E-state index is 5.68. The van der Waals surface area contributed by atoms with Crippen molar-refractivity contribution in [3.05, 3.63) is 5.89 Å². The fourth-order valence-corrected chi connectivity index (χ4v) is 2.91. The van der Waals surface area contributed by atoms with Gasteiger partial charge >= 0.3 is 6.01 Å². The molecule has 2 rings (SSSR count). The van der Waals surface area contributed by atoms with Gasteiger partial charge < -0.3 is 14.6 Å². The minimum Gasteiger partial charge on any atom is -0.407 e. The van der Waals surface area contributed by atoms with Crippen molar-refractivity contribution in [2.45, 2.75) is 38.0 Å². The van der Waals surface area contributed by atoms with E-state index in [9.17, 15) is 0 Å². The number of nitrogens with one attached hydrogen (secondary N) is 1. The third kappa shape index (κ3) is 3.62. The quantitative estimate of drug-likeness (QED) is 0.882. The Labute approximate surface area is 113 Å². The molecule has 1 saturated heterocycles. The molecule has 6 heteroatoms. The molecule has 0 bridgehead atoms. The number of thioether (sulfide) groups is 1. The Bertz CT molecular complexity index is 358. The van der Waals surface area contributed by atoms with Gasteiger partial charge in [-0.1, -0.05) is 12.0 Å². The Morgan fingerprint density at radius 2 is 2.28 bits per heavy atom. The Balaban J connectivity index is 1.92. The monoisotopic (exact) mass is 270 g/mol. The Hall–Kier alpha value is -0.750. The molecule has 1 aliphatic rings. The molecule has 2 heterocycles. The summed E-state index contributed by atoms with van der Waals surface area (Å²) < 4.78 is 5.68. The van der Waals surface area contributed by atoms with Gasteiger partial charge in [0, 0.05) is 18.3 Å². The van der Waals surface area contributed by atoms with Gasteiger partial charge in [0.1, 0.15) is 0 Å². The zero-order valence-electron chi connectivity index (χ0n) is 11.2. The van der Waals surface area contributed by atoms with E-state index < -0.39 is 0 Å². The van der Waals surface area contributed by atoms with Crippen molar-refractivity contribution in [3.8, 4) is 0 Å². The molecular weight excluding hydrogens is 248 g/mol. The normalized spacial score (nSPS) is 21.0. The lowest BCUT2D eigenvalue weighted by Gasteiger charge is -2.16. The van der Waals surface area contributed by atoms with Crippen molar-refractivity contribution in [3.63, 3.8) is 0 Å². The highest BCUT2D eigenvalue weighted by atomic mass is 32.2. The van der Waals surface area contributed by atoms with Gasteiger partial charge in [-0.25, -0.2) is 0 Å². The summed E-state index contributed by atoms with van der Waals surface area (Å²) in [5.41, 5.74) is 0. The van der Waals surface area contributed by atoms with Gasteiger partial charge in [0.25, 0.3) is 0 Å². The molecule has 102 valence electrons. The molecule has 1 N–H and O–H groups in total. The van der Waals surface area contributed by atoms with Crippen molar-refractivity contribution < 1.29 is 4.42 Å². The van der Waals surface area contributed by atoms with Crippen molar-refractivity contribution in [2.75, 3.05) is 30.8 Å². The highest BCUT2D eigenvalue weighted by Gasteiger charge is 2.20. The summed E-state index contributed by atoms with van der Waals surface area (Å²) in [6.45, 7) is 5.69. The minimum absolute atomic E-state index is 0.658. The third-order valence-electron chi connectivity index (χ3n) is 3.26. The molecule has 1 aromatic heterocycles. The molecule has 0 radical (unpaired) electrons. The van der Waals surface area contributed by atoms with E-state index in [1.54, 1.807) is 0 Å². The van der Waals surface area contributed by atoms with E-state index in [1.807, 2.05) is 11.8 Å². The highest BCUT2D eigenvalue weighted by Crippen LogP contribution is 2.24. The van der Waals surface area contributed by atoms with Crippen LogP contribution in [0.4, 0.5) is 6.01 Å². The summed E-state index contributed by atoms with van der Waals surface area (Å²) >= 11 is 1.97. The van der Waals surface area contributed by atoms with Gasteiger partial charge in [0.15, 0.2) is 0 Å². The standard InChI is InChI=1S/C12H22N4OS/c1-3-13-9-11-14-15-12(17-11)16-7-4-5-10(18-2)6-8-16/h10,13H,3-9H2,1-2H3. The van der Waals surface area contributed by atoms with E-state index in [0.29, 0.717) is 18.5 Å². The van der Waals surface area contributed by atoms with E-state index >= 15 is 0 Å². The maximum atomic E-state index is 5.68. The number of hydrogen-bond acceptors (Lipinski definition) is 6. The minimum atomic E-state index is 0.658. The van der Waals surface area contributed by atoms with E-state index in [0.717, 1.165) is 24.9 Å². The van der Waals surface area contributed by atoms with Crippen molar-refractivity contribution in [1.82, 2.24) is 15.5 Å². The summed E-state index contributed by atoms with van der Waals surface area (Å²) in [6.07, 6.45) is 5.89. The lowest BCUT2D eigenvalue weighted by molar-refractivity contribution is 0.464. The first-order chi connectivity index (χ1) is 8.83. The zero-order chi connectivity index (χ0) is 12.8. The molecule has 1 atom stereocenters. The number of nitrogens with zero attached hydrogens (tertiary/aromatic N) is 3. The molecule has 1 aromatic rings. The molecule has 0 amide bonds. The van der Waals surface area contributed by atoms with Crippen LogP contribution in [0.5, 0.6) is 0 Å². The van der Waals surface area contributed by atoms with Crippen LogP contribution in [0.2, 0.25) is 0 Å². The van der Waals surface area contributed by atoms with Crippen molar-refractivity contribution in [1.29, 1.82) is 0 Å². The molecule has 1 unspecified atom stereocenters. The number of anilines is 1. The molecule has 18 heavy (non-hydrogen) atoms. The summed E-state index contributed by atoms with van der Waals surface area (Å²) in [5, 5.41) is 12.2. The second-order valence-corrected chi connectivity index (χ2v) is 5.67. The predicted octanol–water partition coefficient (Wildman–Crippen LogP) is 1.90. The van der Waals surface area contributed by atoms with E-state index in [2.05, 4.69) is 33.6 Å². The van der Waals surface area contributed by atoms with Crippen LogP contribution in [0.1, 0.15) is 32.1 Å². The second-order valence-electron chi connectivity index (χ2n) is 4.53. The summed E-state index contributed by atoms with van der Waals surface area (Å²) in [4.78, 5) is 2.22. The first-order valence-electron chi connectivity index (χ1n) is 6.64. The maximum Gasteiger partial charge on any atom is 0.318 e. The predicted molar refractivity (Wildman–Crippen MR) is 75.0 cm³/mol. The van der Waals surface area contributed by atoms with E-state index in [4.69, 9.17) is 4.42 Å². The largest absolute Gasteiger partial charge is 0.407 e. The second kappa shape index (κ2) is 6.99. The highest BCUT2D eigenvalue weighted by molar-refractivity contribution is 7.99. The van der Waals surface area contributed by atoms with Crippen LogP contribution < -0.4 is 10.2 Å². The van der Waals surface area contributed by atoms with Crippen LogP contribution in [0.25, 0.3) is 0 Å². The molecule has 0 aromatic carbocycles. The number of rotatable bonds is 5. The topological polar surface area (TPSA) is 54.2 Å². The van der Waals surface area contributed by atoms with E-state index in [1.165, 1.54) is 19.3 Å². The summed E-state index contributed by atoms with van der Waals surface area (Å²) in [6, 6.07) is 0.685. The number of hydrogen-bond donors (Lipinski definition) is 1. The first-order valence-corrected chi connectivity index (χ1v) is 7.93. The van der Waals surface area contributed by atoms with Gasteiger partial charge in [-0.2, -0.15) is 11.8 Å². The third-order valence-corrected chi connectivity index (χ3v) is 4.40. The van der Waals surface area contributed by atoms with Crippen LogP contribution in [0, 0.1) is 0 Å². The molecular formula is C12H22N4OS. The molecule has 0 saturated carbocycles. The van der Waals surface area contributed by atoms with Crippen molar-refractivity contribution >= 4 is 17.8 Å². The summed E-state index contributed by atoms with van der Waals surface area (Å²) in [5.74, 6) is 0.678. The van der Waals surface area contributed by atoms with Crippen LogP contribution in [-0.4, -0.2) is 41.3 Å². The summed E-state index contributed by atoms with van der Waals surface area (Å²) in [7, 11) is 0. The van der Waals surface area contributed by atoms with E-state index in [-0.39, 0.29) is 0 Å². The smallest absolute Gasteiger partial charge is 0.318 e. The molecule has 0 aliphatic carbocycles. The van der Waals surface area contributed by atoms with Gasteiger partial charge in [-0.05, 0) is 32.1 Å². The Morgan fingerprint density at radius 1 is 1.39 bits per heavy atom. The van der Waals surface area contributed by atoms with Crippen molar-refractivity contribution in [2.24, 2.45) is 0 Å². The van der Waals surface area contributed by atoms with Crippen LogP contribution >= 0.6 is 11.8 Å². The van der Waals surface area contributed by atoms with Gasteiger partial charge in [-0.3, -0.25) is 0 Å². The number of aromatic nitrogens is 2. The zero-order valence-corrected chi connectivity index (χ0v) is 12.0. The molecule has 1 aliphatic heterocycles. The SMILES string of the molecule is CCNCc1nnc(N2CCCC(SC)CC2)o1. The van der Waals surface area contributed by atoms with Gasteiger partial charge in [-0.15, -0.1) is 5.10 Å². The molecule has 0 spiro atoms. The van der Waals surface area contributed by atoms with Gasteiger partial charge in [0.05, 0.1) is 6.54 Å². The fourth-order valence-electron chi connectivity index (χ4n) is 2.17. The first kappa shape index (κ1) is 13.7. The van der Waals surface area contributed by atoms with Crippen LogP contribution in [0.15, 0.2) is 4.42 Å². The fraction of sp³-hybridized carbons (Fsp3) is 0.833. The average Bonchev–Trinajstić information content (AvgIpc) is 2.73. The van der Waals surface area contributed by atoms with Crippen LogP contribution in [0.3, 0.4) is 0 Å². The van der Waals surface area contributed by atoms with Gasteiger partial charge in [0.2, 0.25) is 5.89 Å². The molecule has 5 nitrogen and oxygen atoms in total. The Morgan fingerprint density at radius 3 is 3.06 bits per heavy atom.